The summed E-state index contributed by atoms with van der Waals surface area (Å²) in [6, 6.07) is 1.31. The molecule has 0 spiro atoms. The van der Waals surface area contributed by atoms with Gasteiger partial charge in [0.2, 0.25) is 0 Å². The molecule has 0 aliphatic carbocycles. The van der Waals surface area contributed by atoms with Crippen LogP contribution >= 0.6 is 0 Å². The molecule has 1 N–H and O–H groups in total. The fraction of sp³-hybridized carbons (Fsp3) is 0.800. The van der Waals surface area contributed by atoms with Crippen LogP contribution in [0, 0.1) is 0 Å². The van der Waals surface area contributed by atoms with E-state index in [2.05, 4.69) is 30.6 Å². The Hall–Kier alpha value is -0.500. The van der Waals surface area contributed by atoms with Crippen LogP contribution in [0.15, 0.2) is 12.3 Å². The van der Waals surface area contributed by atoms with Crippen LogP contribution in [0.4, 0.5) is 0 Å². The predicted octanol–water partition coefficient (Wildman–Crippen LogP) is 1.59. The highest BCUT2D eigenvalue weighted by molar-refractivity contribution is 4.93. The van der Waals surface area contributed by atoms with Crippen LogP contribution in [0.5, 0.6) is 0 Å². The minimum atomic E-state index is 0.630. The van der Waals surface area contributed by atoms with Gasteiger partial charge in [-0.3, -0.25) is 4.90 Å². The molecular weight excluding hydrogens is 148 g/mol. The van der Waals surface area contributed by atoms with Crippen molar-refractivity contribution in [2.45, 2.75) is 39.3 Å². The molecule has 0 unspecified atom stereocenters. The highest BCUT2D eigenvalue weighted by Crippen LogP contribution is 2.12. The minimum absolute atomic E-state index is 0.630. The standard InChI is InChI=1S/C10H20N2/c1-8(2)11-10-5-6-12(7-10)9(3)4/h9-11H,1,5-7H2,2-4H3/t10-/m0/s1. The smallest absolute Gasteiger partial charge is 0.0397 e. The molecule has 0 aromatic heterocycles. The molecule has 1 heterocycles. The molecule has 0 radical (unpaired) electrons. The lowest BCUT2D eigenvalue weighted by Gasteiger charge is -2.20. The van der Waals surface area contributed by atoms with Crippen LogP contribution in [0.1, 0.15) is 27.2 Å². The van der Waals surface area contributed by atoms with Crippen molar-refractivity contribution >= 4 is 0 Å². The van der Waals surface area contributed by atoms with E-state index in [0.29, 0.717) is 12.1 Å². The Morgan fingerprint density at radius 2 is 2.25 bits per heavy atom. The van der Waals surface area contributed by atoms with Crippen molar-refractivity contribution < 1.29 is 0 Å². The van der Waals surface area contributed by atoms with E-state index in [-0.39, 0.29) is 0 Å². The van der Waals surface area contributed by atoms with Crippen LogP contribution < -0.4 is 5.32 Å². The molecule has 12 heavy (non-hydrogen) atoms. The first kappa shape index (κ1) is 9.59. The van der Waals surface area contributed by atoms with E-state index in [1.807, 2.05) is 6.92 Å². The van der Waals surface area contributed by atoms with Gasteiger partial charge >= 0.3 is 0 Å². The van der Waals surface area contributed by atoms with E-state index in [1.54, 1.807) is 0 Å². The zero-order valence-corrected chi connectivity index (χ0v) is 8.43. The zero-order chi connectivity index (χ0) is 9.14. The van der Waals surface area contributed by atoms with E-state index >= 15 is 0 Å². The number of nitrogens with zero attached hydrogens (tertiary/aromatic N) is 1. The van der Waals surface area contributed by atoms with E-state index < -0.39 is 0 Å². The quantitative estimate of drug-likeness (QED) is 0.688. The third-order valence-corrected chi connectivity index (χ3v) is 2.40. The molecule has 70 valence electrons. The van der Waals surface area contributed by atoms with E-state index in [0.717, 1.165) is 5.70 Å². The summed E-state index contributed by atoms with van der Waals surface area (Å²) in [7, 11) is 0. The van der Waals surface area contributed by atoms with Gasteiger partial charge in [0.1, 0.15) is 0 Å². The second-order valence-corrected chi connectivity index (χ2v) is 4.00. The summed E-state index contributed by atoms with van der Waals surface area (Å²) < 4.78 is 0. The molecule has 1 fully saturated rings. The highest BCUT2D eigenvalue weighted by Gasteiger charge is 2.23. The van der Waals surface area contributed by atoms with Gasteiger partial charge in [-0.25, -0.2) is 0 Å². The second kappa shape index (κ2) is 3.94. The van der Waals surface area contributed by atoms with Crippen LogP contribution in [0.2, 0.25) is 0 Å². The molecule has 0 amide bonds. The fourth-order valence-corrected chi connectivity index (χ4v) is 1.72. The van der Waals surface area contributed by atoms with Crippen LogP contribution in [-0.2, 0) is 0 Å². The maximum Gasteiger partial charge on any atom is 0.0397 e. The molecule has 1 aliphatic rings. The summed E-state index contributed by atoms with van der Waals surface area (Å²) in [5, 5.41) is 3.39. The Kier molecular flexibility index (Phi) is 3.15. The third kappa shape index (κ3) is 2.52. The molecule has 1 aliphatic heterocycles. The Bertz CT molecular complexity index is 163. The lowest BCUT2D eigenvalue weighted by atomic mass is 10.2. The molecule has 2 nitrogen and oxygen atoms in total. The van der Waals surface area contributed by atoms with Gasteiger partial charge < -0.3 is 5.32 Å². The fourth-order valence-electron chi connectivity index (χ4n) is 1.72. The zero-order valence-electron chi connectivity index (χ0n) is 8.43. The minimum Gasteiger partial charge on any atom is -0.385 e. The summed E-state index contributed by atoms with van der Waals surface area (Å²) >= 11 is 0. The topological polar surface area (TPSA) is 15.3 Å². The van der Waals surface area contributed by atoms with Gasteiger partial charge in [-0.15, -0.1) is 0 Å². The average Bonchev–Trinajstić information content (AvgIpc) is 2.34. The Morgan fingerprint density at radius 1 is 1.58 bits per heavy atom. The maximum atomic E-state index is 3.86. The lowest BCUT2D eigenvalue weighted by Crippen LogP contribution is -2.34. The number of allylic oxidation sites excluding steroid dienone is 1. The number of likely N-dealkylation sites (tertiary alicyclic amines) is 1. The van der Waals surface area contributed by atoms with Gasteiger partial charge in [0.25, 0.3) is 0 Å². The predicted molar refractivity (Wildman–Crippen MR) is 53.1 cm³/mol. The molecule has 0 bridgehead atoms. The summed E-state index contributed by atoms with van der Waals surface area (Å²) in [6.45, 7) is 12.8. The molecule has 1 saturated heterocycles. The van der Waals surface area contributed by atoms with E-state index in [4.69, 9.17) is 0 Å². The first-order valence-corrected chi connectivity index (χ1v) is 4.75. The molecule has 0 saturated carbocycles. The molecule has 0 aromatic rings. The van der Waals surface area contributed by atoms with E-state index in [9.17, 15) is 0 Å². The number of rotatable bonds is 3. The summed E-state index contributed by atoms with van der Waals surface area (Å²) in [5.74, 6) is 0. The van der Waals surface area contributed by atoms with Crippen molar-refractivity contribution in [2.24, 2.45) is 0 Å². The third-order valence-electron chi connectivity index (χ3n) is 2.40. The summed E-state index contributed by atoms with van der Waals surface area (Å²) in [6.07, 6.45) is 1.26. The van der Waals surface area contributed by atoms with E-state index in [1.165, 1.54) is 19.5 Å². The lowest BCUT2D eigenvalue weighted by molar-refractivity contribution is 0.270. The second-order valence-electron chi connectivity index (χ2n) is 4.00. The van der Waals surface area contributed by atoms with Crippen molar-refractivity contribution in [3.8, 4) is 0 Å². The van der Waals surface area contributed by atoms with Crippen LogP contribution in [-0.4, -0.2) is 30.1 Å². The normalized spacial score (nSPS) is 24.8. The summed E-state index contributed by atoms with van der Waals surface area (Å²) in [5.41, 5.74) is 1.09. The monoisotopic (exact) mass is 168 g/mol. The maximum absolute atomic E-state index is 3.86. The first-order valence-electron chi connectivity index (χ1n) is 4.75. The molecular formula is C10H20N2. The highest BCUT2D eigenvalue weighted by atomic mass is 15.2. The molecule has 1 rings (SSSR count). The summed E-state index contributed by atoms with van der Waals surface area (Å²) in [4.78, 5) is 2.50. The van der Waals surface area contributed by atoms with Gasteiger partial charge in [-0.1, -0.05) is 6.58 Å². The van der Waals surface area contributed by atoms with Gasteiger partial charge in [-0.05, 0) is 27.2 Å². The average molecular weight is 168 g/mol. The van der Waals surface area contributed by atoms with Crippen molar-refractivity contribution in [3.63, 3.8) is 0 Å². The molecule has 1 atom stereocenters. The number of hydrogen-bond donors (Lipinski definition) is 1. The van der Waals surface area contributed by atoms with Gasteiger partial charge in [0.15, 0.2) is 0 Å². The Morgan fingerprint density at radius 3 is 2.67 bits per heavy atom. The number of nitrogens with one attached hydrogen (secondary N) is 1. The largest absolute Gasteiger partial charge is 0.385 e. The van der Waals surface area contributed by atoms with Crippen molar-refractivity contribution in [2.75, 3.05) is 13.1 Å². The first-order chi connectivity index (χ1) is 5.59. The van der Waals surface area contributed by atoms with Crippen molar-refractivity contribution in [1.29, 1.82) is 0 Å². The SMILES string of the molecule is C=C(C)N[C@H]1CCN(C(C)C)C1. The van der Waals surface area contributed by atoms with Gasteiger partial charge in [-0.2, -0.15) is 0 Å². The van der Waals surface area contributed by atoms with Crippen LogP contribution in [0.3, 0.4) is 0 Å². The Balaban J connectivity index is 2.30. The van der Waals surface area contributed by atoms with Crippen LogP contribution in [0.25, 0.3) is 0 Å². The van der Waals surface area contributed by atoms with Gasteiger partial charge in [0.05, 0.1) is 0 Å². The Labute approximate surface area is 75.6 Å². The van der Waals surface area contributed by atoms with Gasteiger partial charge in [0, 0.05) is 30.9 Å². The molecule has 0 aromatic carbocycles. The van der Waals surface area contributed by atoms with Crippen molar-refractivity contribution in [3.05, 3.63) is 12.3 Å². The van der Waals surface area contributed by atoms with Crippen molar-refractivity contribution in [1.82, 2.24) is 10.2 Å². The molecule has 2 heteroatoms. The number of hydrogen-bond acceptors (Lipinski definition) is 2.